The normalized spacial score (nSPS) is 16.7. The number of ether oxygens (including phenoxy) is 1. The molecular formula is C11H23NO2. The highest BCUT2D eigenvalue weighted by atomic mass is 16.5. The molecule has 0 atom stereocenters. The van der Waals surface area contributed by atoms with Gasteiger partial charge in [-0.05, 0) is 19.3 Å². The highest BCUT2D eigenvalue weighted by molar-refractivity contribution is 5.36. The van der Waals surface area contributed by atoms with Crippen LogP contribution in [0.5, 0.6) is 0 Å². The van der Waals surface area contributed by atoms with Crippen molar-refractivity contribution in [2.75, 3.05) is 6.61 Å². The Morgan fingerprint density at radius 1 is 1.36 bits per heavy atom. The summed E-state index contributed by atoms with van der Waals surface area (Å²) in [5.41, 5.74) is 5.63. The second-order valence-electron chi connectivity index (χ2n) is 3.72. The molecule has 14 heavy (non-hydrogen) atoms. The van der Waals surface area contributed by atoms with Crippen molar-refractivity contribution in [2.24, 2.45) is 5.73 Å². The van der Waals surface area contributed by atoms with Gasteiger partial charge in [0, 0.05) is 6.04 Å². The lowest BCUT2D eigenvalue weighted by atomic mass is 9.97. The summed E-state index contributed by atoms with van der Waals surface area (Å²) in [4.78, 5) is 9.46. The smallest absolute Gasteiger partial charge is 0.293 e. The predicted octanol–water partition coefficient (Wildman–Crippen LogP) is 2.24. The second-order valence-corrected chi connectivity index (χ2v) is 3.72. The van der Waals surface area contributed by atoms with E-state index in [-0.39, 0.29) is 0 Å². The Kier molecular flexibility index (Phi) is 10.1. The van der Waals surface area contributed by atoms with Gasteiger partial charge in [0.05, 0.1) is 6.61 Å². The fraction of sp³-hybridized carbons (Fsp3) is 0.909. The van der Waals surface area contributed by atoms with Crippen LogP contribution in [0.25, 0.3) is 0 Å². The van der Waals surface area contributed by atoms with Gasteiger partial charge in [0.2, 0.25) is 0 Å². The summed E-state index contributed by atoms with van der Waals surface area (Å²) in [7, 11) is 0. The Morgan fingerprint density at radius 3 is 2.36 bits per heavy atom. The van der Waals surface area contributed by atoms with Gasteiger partial charge in [-0.2, -0.15) is 0 Å². The molecule has 0 aliphatic heterocycles. The molecule has 84 valence electrons. The highest BCUT2D eigenvalue weighted by Gasteiger charge is 2.06. The van der Waals surface area contributed by atoms with Gasteiger partial charge in [-0.25, -0.2) is 0 Å². The molecule has 0 unspecified atom stereocenters. The van der Waals surface area contributed by atoms with Crippen LogP contribution in [-0.2, 0) is 9.53 Å². The quantitative estimate of drug-likeness (QED) is 0.560. The van der Waals surface area contributed by atoms with Crippen LogP contribution in [0.3, 0.4) is 0 Å². The van der Waals surface area contributed by atoms with Gasteiger partial charge >= 0.3 is 0 Å². The molecular weight excluding hydrogens is 178 g/mol. The third kappa shape index (κ3) is 9.52. The number of unbranched alkanes of at least 4 members (excludes halogenated alkanes) is 1. The molecule has 1 aliphatic carbocycles. The Bertz CT molecular complexity index is 122. The topological polar surface area (TPSA) is 52.3 Å². The minimum atomic E-state index is 0.482. The van der Waals surface area contributed by atoms with Gasteiger partial charge < -0.3 is 10.5 Å². The molecule has 0 spiro atoms. The van der Waals surface area contributed by atoms with E-state index >= 15 is 0 Å². The summed E-state index contributed by atoms with van der Waals surface area (Å²) in [6, 6.07) is 0.536. The molecule has 3 nitrogen and oxygen atoms in total. The number of hydrogen-bond acceptors (Lipinski definition) is 3. The number of rotatable bonds is 4. The fourth-order valence-electron chi connectivity index (χ4n) is 1.41. The number of hydrogen-bond donors (Lipinski definition) is 1. The Morgan fingerprint density at radius 2 is 2.00 bits per heavy atom. The molecule has 1 saturated carbocycles. The van der Waals surface area contributed by atoms with Crippen molar-refractivity contribution in [3.05, 3.63) is 0 Å². The predicted molar refractivity (Wildman–Crippen MR) is 58.0 cm³/mol. The lowest BCUT2D eigenvalue weighted by Crippen LogP contribution is -2.22. The molecule has 1 fully saturated rings. The van der Waals surface area contributed by atoms with E-state index < -0.39 is 0 Å². The first-order chi connectivity index (χ1) is 6.81. The molecule has 0 radical (unpaired) electrons. The summed E-state index contributed by atoms with van der Waals surface area (Å²) in [5.74, 6) is 0. The average Bonchev–Trinajstić information content (AvgIpc) is 2.21. The van der Waals surface area contributed by atoms with Crippen LogP contribution in [0, 0.1) is 0 Å². The summed E-state index contributed by atoms with van der Waals surface area (Å²) in [6.07, 6.45) is 8.71. The first kappa shape index (κ1) is 13.4. The molecule has 0 aromatic rings. The molecule has 0 saturated heterocycles. The van der Waals surface area contributed by atoms with Crippen LogP contribution in [0.15, 0.2) is 0 Å². The number of carbonyl (C=O) groups excluding carboxylic acids is 1. The molecule has 0 heterocycles. The Balaban J connectivity index is 0.000000241. The van der Waals surface area contributed by atoms with E-state index in [2.05, 4.69) is 4.74 Å². The molecule has 3 heteroatoms. The lowest BCUT2D eigenvalue weighted by Gasteiger charge is -2.15. The van der Waals surface area contributed by atoms with E-state index in [1.54, 1.807) is 0 Å². The minimum absolute atomic E-state index is 0.482. The molecule has 0 aromatic heterocycles. The van der Waals surface area contributed by atoms with E-state index in [4.69, 9.17) is 5.73 Å². The summed E-state index contributed by atoms with van der Waals surface area (Å²) in [5, 5.41) is 0. The maximum Gasteiger partial charge on any atom is 0.293 e. The highest BCUT2D eigenvalue weighted by Crippen LogP contribution is 2.14. The van der Waals surface area contributed by atoms with Gasteiger partial charge in [-0.1, -0.05) is 32.6 Å². The van der Waals surface area contributed by atoms with E-state index in [1.165, 1.54) is 32.1 Å². The fourth-order valence-corrected chi connectivity index (χ4v) is 1.41. The van der Waals surface area contributed by atoms with Crippen LogP contribution < -0.4 is 5.73 Å². The van der Waals surface area contributed by atoms with Crippen LogP contribution in [0.4, 0.5) is 0 Å². The largest absolute Gasteiger partial charge is 0.468 e. The van der Waals surface area contributed by atoms with E-state index in [1.807, 2.05) is 6.92 Å². The third-order valence-electron chi connectivity index (χ3n) is 2.33. The molecule has 1 aliphatic rings. The molecule has 1 rings (SSSR count). The van der Waals surface area contributed by atoms with Crippen LogP contribution in [0.2, 0.25) is 0 Å². The van der Waals surface area contributed by atoms with Gasteiger partial charge in [-0.3, -0.25) is 4.79 Å². The molecule has 0 aromatic carbocycles. The zero-order valence-corrected chi connectivity index (χ0v) is 9.21. The second kappa shape index (κ2) is 10.5. The minimum Gasteiger partial charge on any atom is -0.468 e. The van der Waals surface area contributed by atoms with Crippen LogP contribution >= 0.6 is 0 Å². The monoisotopic (exact) mass is 201 g/mol. The standard InChI is InChI=1S/C6H13N.C5H10O2/c7-6-4-2-1-3-5-6;1-2-3-4-7-5-6/h6H,1-5,7H2;5H,2-4H2,1H3. The Labute approximate surface area is 87.0 Å². The maximum absolute atomic E-state index is 9.46. The van der Waals surface area contributed by atoms with E-state index in [0.29, 0.717) is 19.1 Å². The van der Waals surface area contributed by atoms with Crippen molar-refractivity contribution in [3.63, 3.8) is 0 Å². The van der Waals surface area contributed by atoms with Crippen LogP contribution in [0.1, 0.15) is 51.9 Å². The van der Waals surface area contributed by atoms with Crippen molar-refractivity contribution >= 4 is 6.47 Å². The zero-order chi connectivity index (χ0) is 10.6. The average molecular weight is 201 g/mol. The number of nitrogens with two attached hydrogens (primary N) is 1. The van der Waals surface area contributed by atoms with Gasteiger partial charge in [0.15, 0.2) is 0 Å². The van der Waals surface area contributed by atoms with E-state index in [0.717, 1.165) is 12.8 Å². The maximum atomic E-state index is 9.46. The van der Waals surface area contributed by atoms with Gasteiger partial charge in [-0.15, -0.1) is 0 Å². The van der Waals surface area contributed by atoms with Crippen molar-refractivity contribution in [1.29, 1.82) is 0 Å². The lowest BCUT2D eigenvalue weighted by molar-refractivity contribution is -0.128. The zero-order valence-electron chi connectivity index (χ0n) is 9.21. The summed E-state index contributed by atoms with van der Waals surface area (Å²) < 4.78 is 4.39. The summed E-state index contributed by atoms with van der Waals surface area (Å²) >= 11 is 0. The van der Waals surface area contributed by atoms with Crippen molar-refractivity contribution in [3.8, 4) is 0 Å². The van der Waals surface area contributed by atoms with Crippen molar-refractivity contribution in [2.45, 2.75) is 57.9 Å². The van der Waals surface area contributed by atoms with E-state index in [9.17, 15) is 4.79 Å². The molecule has 2 N–H and O–H groups in total. The number of carbonyl (C=O) groups is 1. The Hall–Kier alpha value is -0.570. The molecule has 0 amide bonds. The van der Waals surface area contributed by atoms with Crippen LogP contribution in [-0.4, -0.2) is 19.1 Å². The summed E-state index contributed by atoms with van der Waals surface area (Å²) in [6.45, 7) is 3.10. The SMILES string of the molecule is CCCCOC=O.NC1CCCCC1. The third-order valence-corrected chi connectivity index (χ3v) is 2.33. The van der Waals surface area contributed by atoms with Crippen molar-refractivity contribution < 1.29 is 9.53 Å². The van der Waals surface area contributed by atoms with Crippen molar-refractivity contribution in [1.82, 2.24) is 0 Å². The van der Waals surface area contributed by atoms with Gasteiger partial charge in [0.1, 0.15) is 0 Å². The first-order valence-electron chi connectivity index (χ1n) is 5.62. The first-order valence-corrected chi connectivity index (χ1v) is 5.62. The molecule has 0 bridgehead atoms. The van der Waals surface area contributed by atoms with Gasteiger partial charge in [0.25, 0.3) is 6.47 Å².